The second-order valence-corrected chi connectivity index (χ2v) is 6.17. The average Bonchev–Trinajstić information content (AvgIpc) is 2.51. The summed E-state index contributed by atoms with van der Waals surface area (Å²) in [6.45, 7) is 5.24. The summed E-state index contributed by atoms with van der Waals surface area (Å²) >= 11 is 0. The molecule has 1 N–H and O–H groups in total. The van der Waals surface area contributed by atoms with E-state index in [0.29, 0.717) is 24.5 Å². The number of benzene rings is 1. The van der Waals surface area contributed by atoms with Crippen molar-refractivity contribution in [3.05, 3.63) is 62.6 Å². The van der Waals surface area contributed by atoms with Gasteiger partial charge in [-0.1, -0.05) is 12.1 Å². The van der Waals surface area contributed by atoms with Crippen LogP contribution in [0.5, 0.6) is 0 Å². The minimum absolute atomic E-state index is 0.0268. The Balaban J connectivity index is 1.87. The third kappa shape index (κ3) is 3.56. The topological polar surface area (TPSA) is 67.3 Å². The smallest absolute Gasteiger partial charge is 0.330 e. The molecule has 1 aliphatic heterocycles. The lowest BCUT2D eigenvalue weighted by Gasteiger charge is -2.36. The summed E-state index contributed by atoms with van der Waals surface area (Å²) in [5.74, 6) is 0.147. The molecule has 1 fully saturated rings. The standard InChI is InChI=1S/C17H20FN3O3/c1-11-8-20(9-12(2)24-11)15-7-16(22)21(17(23)19-15)10-13-3-5-14(18)6-4-13/h3-7,11-12H,8-10H2,1-2H3,(H,19,23)/t11-,12-/m1/s1. The first-order chi connectivity index (χ1) is 11.4. The fraction of sp³-hybridized carbons (Fsp3) is 0.412. The summed E-state index contributed by atoms with van der Waals surface area (Å²) in [7, 11) is 0. The molecular weight excluding hydrogens is 313 g/mol. The Morgan fingerprint density at radius 2 is 1.79 bits per heavy atom. The Labute approximate surface area is 138 Å². The molecule has 0 aliphatic carbocycles. The number of hydrogen-bond donors (Lipinski definition) is 1. The third-order valence-corrected chi connectivity index (χ3v) is 4.02. The molecular formula is C17H20FN3O3. The number of ether oxygens (including phenoxy) is 1. The summed E-state index contributed by atoms with van der Waals surface area (Å²) in [5.41, 5.74) is -0.177. The van der Waals surface area contributed by atoms with Gasteiger partial charge < -0.3 is 9.64 Å². The molecule has 0 amide bonds. The van der Waals surface area contributed by atoms with Gasteiger partial charge in [0.1, 0.15) is 11.6 Å². The first kappa shape index (κ1) is 16.4. The van der Waals surface area contributed by atoms with Crippen LogP contribution in [0, 0.1) is 5.82 Å². The van der Waals surface area contributed by atoms with Crippen LogP contribution in [0.25, 0.3) is 0 Å². The SMILES string of the molecule is C[C@@H]1CN(c2cc(=O)n(Cc3ccc(F)cc3)c(=O)[nH]2)C[C@@H](C)O1. The maximum absolute atomic E-state index is 13.0. The van der Waals surface area contributed by atoms with Gasteiger partial charge in [-0.15, -0.1) is 0 Å². The van der Waals surface area contributed by atoms with E-state index in [1.54, 1.807) is 12.1 Å². The number of aromatic amines is 1. The molecule has 2 heterocycles. The molecule has 2 atom stereocenters. The van der Waals surface area contributed by atoms with Crippen LogP contribution >= 0.6 is 0 Å². The van der Waals surface area contributed by atoms with Gasteiger partial charge in [-0.25, -0.2) is 9.18 Å². The Morgan fingerprint density at radius 1 is 1.17 bits per heavy atom. The van der Waals surface area contributed by atoms with Crippen LogP contribution in [0.15, 0.2) is 39.9 Å². The summed E-state index contributed by atoms with van der Waals surface area (Å²) in [6.07, 6.45) is 0.0535. The quantitative estimate of drug-likeness (QED) is 0.920. The lowest BCUT2D eigenvalue weighted by atomic mass is 10.2. The number of nitrogens with one attached hydrogen (secondary N) is 1. The van der Waals surface area contributed by atoms with Crippen molar-refractivity contribution >= 4 is 5.82 Å². The van der Waals surface area contributed by atoms with Crippen LogP contribution in [0.1, 0.15) is 19.4 Å². The molecule has 7 heteroatoms. The van der Waals surface area contributed by atoms with Gasteiger partial charge in [0.2, 0.25) is 0 Å². The van der Waals surface area contributed by atoms with E-state index in [4.69, 9.17) is 4.74 Å². The molecule has 1 aliphatic rings. The number of rotatable bonds is 3. The first-order valence-corrected chi connectivity index (χ1v) is 7.91. The Bertz CT molecular complexity index is 787. The second-order valence-electron chi connectivity index (χ2n) is 6.17. The van der Waals surface area contributed by atoms with Crippen LogP contribution in [0.3, 0.4) is 0 Å². The van der Waals surface area contributed by atoms with Crippen molar-refractivity contribution < 1.29 is 9.13 Å². The number of hydrogen-bond acceptors (Lipinski definition) is 4. The van der Waals surface area contributed by atoms with E-state index in [1.807, 2.05) is 18.7 Å². The van der Waals surface area contributed by atoms with Gasteiger partial charge in [0.25, 0.3) is 5.56 Å². The van der Waals surface area contributed by atoms with Crippen LogP contribution in [-0.4, -0.2) is 34.8 Å². The zero-order valence-corrected chi connectivity index (χ0v) is 13.7. The van der Waals surface area contributed by atoms with Crippen molar-refractivity contribution in [2.24, 2.45) is 0 Å². The summed E-state index contributed by atoms with van der Waals surface area (Å²) in [5, 5.41) is 0. The largest absolute Gasteiger partial charge is 0.372 e. The zero-order valence-electron chi connectivity index (χ0n) is 13.7. The van der Waals surface area contributed by atoms with Gasteiger partial charge in [-0.05, 0) is 31.5 Å². The Morgan fingerprint density at radius 3 is 2.38 bits per heavy atom. The lowest BCUT2D eigenvalue weighted by molar-refractivity contribution is -0.00549. The van der Waals surface area contributed by atoms with E-state index in [-0.39, 0.29) is 30.1 Å². The number of H-pyrrole nitrogens is 1. The van der Waals surface area contributed by atoms with Gasteiger partial charge >= 0.3 is 5.69 Å². The van der Waals surface area contributed by atoms with Crippen molar-refractivity contribution in [3.8, 4) is 0 Å². The number of halogens is 1. The molecule has 1 aromatic heterocycles. The second kappa shape index (κ2) is 6.60. The summed E-state index contributed by atoms with van der Waals surface area (Å²) < 4.78 is 19.7. The van der Waals surface area contributed by atoms with Crippen LogP contribution in [-0.2, 0) is 11.3 Å². The van der Waals surface area contributed by atoms with Gasteiger partial charge in [-0.2, -0.15) is 0 Å². The van der Waals surface area contributed by atoms with Crippen LogP contribution < -0.4 is 16.1 Å². The average molecular weight is 333 g/mol. The number of morpholine rings is 1. The molecule has 128 valence electrons. The molecule has 6 nitrogen and oxygen atoms in total. The third-order valence-electron chi connectivity index (χ3n) is 4.02. The number of anilines is 1. The fourth-order valence-electron chi connectivity index (χ4n) is 2.98. The minimum atomic E-state index is -0.478. The maximum Gasteiger partial charge on any atom is 0.330 e. The predicted molar refractivity (Wildman–Crippen MR) is 89.0 cm³/mol. The zero-order chi connectivity index (χ0) is 17.3. The molecule has 0 saturated carbocycles. The van der Waals surface area contributed by atoms with Crippen molar-refractivity contribution in [3.63, 3.8) is 0 Å². The number of aromatic nitrogens is 2. The van der Waals surface area contributed by atoms with Gasteiger partial charge in [0.15, 0.2) is 0 Å². The summed E-state index contributed by atoms with van der Waals surface area (Å²) in [6, 6.07) is 7.15. The number of nitrogens with zero attached hydrogens (tertiary/aromatic N) is 2. The summed E-state index contributed by atoms with van der Waals surface area (Å²) in [4.78, 5) is 29.4. The van der Waals surface area contributed by atoms with Gasteiger partial charge in [0, 0.05) is 19.2 Å². The molecule has 0 radical (unpaired) electrons. The van der Waals surface area contributed by atoms with Crippen molar-refractivity contribution in [2.45, 2.75) is 32.6 Å². The van der Waals surface area contributed by atoms with Crippen molar-refractivity contribution in [1.82, 2.24) is 9.55 Å². The highest BCUT2D eigenvalue weighted by atomic mass is 19.1. The molecule has 24 heavy (non-hydrogen) atoms. The fourth-order valence-corrected chi connectivity index (χ4v) is 2.98. The highest BCUT2D eigenvalue weighted by Crippen LogP contribution is 2.16. The maximum atomic E-state index is 13.0. The van der Waals surface area contributed by atoms with E-state index >= 15 is 0 Å². The lowest BCUT2D eigenvalue weighted by Crippen LogP contribution is -2.47. The highest BCUT2D eigenvalue weighted by molar-refractivity contribution is 5.37. The Kier molecular flexibility index (Phi) is 4.53. The van der Waals surface area contributed by atoms with E-state index < -0.39 is 5.69 Å². The van der Waals surface area contributed by atoms with Crippen LogP contribution in [0.2, 0.25) is 0 Å². The molecule has 0 spiro atoms. The molecule has 1 saturated heterocycles. The van der Waals surface area contributed by atoms with Crippen molar-refractivity contribution in [1.29, 1.82) is 0 Å². The van der Waals surface area contributed by atoms with E-state index in [1.165, 1.54) is 18.2 Å². The molecule has 3 rings (SSSR count). The first-order valence-electron chi connectivity index (χ1n) is 7.91. The molecule has 2 aromatic rings. The van der Waals surface area contributed by atoms with E-state index in [0.717, 1.165) is 4.57 Å². The van der Waals surface area contributed by atoms with Gasteiger partial charge in [0.05, 0.1) is 18.8 Å². The van der Waals surface area contributed by atoms with E-state index in [2.05, 4.69) is 4.98 Å². The normalized spacial score (nSPS) is 21.0. The molecule has 1 aromatic carbocycles. The highest BCUT2D eigenvalue weighted by Gasteiger charge is 2.23. The monoisotopic (exact) mass is 333 g/mol. The molecule has 0 bridgehead atoms. The van der Waals surface area contributed by atoms with Crippen molar-refractivity contribution in [2.75, 3.05) is 18.0 Å². The van der Waals surface area contributed by atoms with E-state index in [9.17, 15) is 14.0 Å². The molecule has 0 unspecified atom stereocenters. The predicted octanol–water partition coefficient (Wildman–Crippen LogP) is 1.34. The Hall–Kier alpha value is -2.41. The minimum Gasteiger partial charge on any atom is -0.372 e. The van der Waals surface area contributed by atoms with Gasteiger partial charge in [-0.3, -0.25) is 14.3 Å². The van der Waals surface area contributed by atoms with Crippen LogP contribution in [0.4, 0.5) is 10.2 Å².